The largest absolute Gasteiger partial charge is 0.343 e. The Balaban J connectivity index is 1.69. The second-order valence-electron chi connectivity index (χ2n) is 6.54. The Morgan fingerprint density at radius 1 is 1.07 bits per heavy atom. The van der Waals surface area contributed by atoms with E-state index in [4.69, 9.17) is 4.52 Å². The summed E-state index contributed by atoms with van der Waals surface area (Å²) in [6.07, 6.45) is 0.522. The van der Waals surface area contributed by atoms with Crippen molar-refractivity contribution in [2.24, 2.45) is 0 Å². The standard InChI is InChI=1S/C20H21N3O4S/c1-14(2)28(25,26)17-11-7-6-10-16(17)20(24)21-13-19-22-18(23-27-19)12-15-8-4-3-5-9-15/h3-11,14H,12-13H2,1-2H3,(H,21,24). The van der Waals surface area contributed by atoms with E-state index in [-0.39, 0.29) is 22.9 Å². The van der Waals surface area contributed by atoms with E-state index in [2.05, 4.69) is 15.5 Å². The number of rotatable bonds is 7. The summed E-state index contributed by atoms with van der Waals surface area (Å²) in [5, 5.41) is 5.93. The fourth-order valence-corrected chi connectivity index (χ4v) is 3.86. The third-order valence-corrected chi connectivity index (χ3v) is 6.38. The van der Waals surface area contributed by atoms with Gasteiger partial charge in [0.05, 0.1) is 22.3 Å². The second kappa shape index (κ2) is 8.35. The van der Waals surface area contributed by atoms with Gasteiger partial charge in [-0.15, -0.1) is 0 Å². The lowest BCUT2D eigenvalue weighted by Crippen LogP contribution is -2.26. The molecule has 0 saturated heterocycles. The van der Waals surface area contributed by atoms with Gasteiger partial charge in [0.15, 0.2) is 15.7 Å². The highest BCUT2D eigenvalue weighted by atomic mass is 32.2. The smallest absolute Gasteiger partial charge is 0.253 e. The van der Waals surface area contributed by atoms with E-state index in [0.29, 0.717) is 12.2 Å². The predicted molar refractivity (Wildman–Crippen MR) is 103 cm³/mol. The summed E-state index contributed by atoms with van der Waals surface area (Å²) in [6.45, 7) is 3.17. The number of benzene rings is 2. The molecule has 146 valence electrons. The summed E-state index contributed by atoms with van der Waals surface area (Å²) in [6, 6.07) is 15.9. The normalized spacial score (nSPS) is 11.5. The highest BCUT2D eigenvalue weighted by Crippen LogP contribution is 2.20. The molecule has 0 radical (unpaired) electrons. The van der Waals surface area contributed by atoms with E-state index in [9.17, 15) is 13.2 Å². The molecular weight excluding hydrogens is 378 g/mol. The van der Waals surface area contributed by atoms with Gasteiger partial charge >= 0.3 is 0 Å². The molecule has 7 nitrogen and oxygen atoms in total. The van der Waals surface area contributed by atoms with Crippen molar-refractivity contribution in [3.63, 3.8) is 0 Å². The summed E-state index contributed by atoms with van der Waals surface area (Å²) in [5.41, 5.74) is 1.15. The number of amides is 1. The summed E-state index contributed by atoms with van der Waals surface area (Å²) in [5.74, 6) is 0.254. The van der Waals surface area contributed by atoms with Gasteiger partial charge in [-0.3, -0.25) is 4.79 Å². The zero-order valence-electron chi connectivity index (χ0n) is 15.6. The number of nitrogens with one attached hydrogen (secondary N) is 1. The molecule has 1 aromatic heterocycles. The number of sulfone groups is 1. The van der Waals surface area contributed by atoms with Crippen molar-refractivity contribution in [2.45, 2.75) is 37.0 Å². The fourth-order valence-electron chi connectivity index (χ4n) is 2.62. The van der Waals surface area contributed by atoms with Crippen LogP contribution in [0.25, 0.3) is 0 Å². The number of hydrogen-bond acceptors (Lipinski definition) is 6. The van der Waals surface area contributed by atoms with E-state index < -0.39 is 21.0 Å². The molecule has 0 aliphatic carbocycles. The van der Waals surface area contributed by atoms with Crippen LogP contribution in [0.5, 0.6) is 0 Å². The van der Waals surface area contributed by atoms with Crippen LogP contribution in [0.2, 0.25) is 0 Å². The molecule has 0 aliphatic heterocycles. The molecule has 0 fully saturated rings. The van der Waals surface area contributed by atoms with Gasteiger partial charge in [-0.2, -0.15) is 4.98 Å². The van der Waals surface area contributed by atoms with Crippen molar-refractivity contribution in [3.8, 4) is 0 Å². The van der Waals surface area contributed by atoms with Gasteiger partial charge in [0.25, 0.3) is 5.91 Å². The molecule has 2 aromatic carbocycles. The number of hydrogen-bond donors (Lipinski definition) is 1. The van der Waals surface area contributed by atoms with Gasteiger partial charge in [0.1, 0.15) is 0 Å². The zero-order chi connectivity index (χ0) is 20.1. The zero-order valence-corrected chi connectivity index (χ0v) is 16.4. The van der Waals surface area contributed by atoms with E-state index in [1.807, 2.05) is 30.3 Å². The molecular formula is C20H21N3O4S. The van der Waals surface area contributed by atoms with Crippen LogP contribution >= 0.6 is 0 Å². The molecule has 3 rings (SSSR count). The van der Waals surface area contributed by atoms with Crippen LogP contribution in [0.3, 0.4) is 0 Å². The lowest BCUT2D eigenvalue weighted by Gasteiger charge is -2.12. The van der Waals surface area contributed by atoms with Gasteiger partial charge < -0.3 is 9.84 Å². The van der Waals surface area contributed by atoms with Crippen LogP contribution in [0.1, 0.15) is 41.5 Å². The number of nitrogens with zero attached hydrogens (tertiary/aromatic N) is 2. The van der Waals surface area contributed by atoms with Crippen LogP contribution in [0, 0.1) is 0 Å². The molecule has 0 aliphatic rings. The minimum Gasteiger partial charge on any atom is -0.343 e. The SMILES string of the molecule is CC(C)S(=O)(=O)c1ccccc1C(=O)NCc1nc(Cc2ccccc2)no1. The van der Waals surface area contributed by atoms with Crippen molar-refractivity contribution in [1.29, 1.82) is 0 Å². The lowest BCUT2D eigenvalue weighted by molar-refractivity contribution is 0.0943. The maximum atomic E-state index is 12.5. The summed E-state index contributed by atoms with van der Waals surface area (Å²) < 4.78 is 30.1. The Kier molecular flexibility index (Phi) is 5.89. The van der Waals surface area contributed by atoms with Crippen molar-refractivity contribution in [2.75, 3.05) is 0 Å². The van der Waals surface area contributed by atoms with Crippen LogP contribution in [0.15, 0.2) is 64.0 Å². The average Bonchev–Trinajstić information content (AvgIpc) is 3.14. The van der Waals surface area contributed by atoms with Crippen LogP contribution in [-0.4, -0.2) is 29.7 Å². The molecule has 3 aromatic rings. The Bertz CT molecular complexity index is 1060. The van der Waals surface area contributed by atoms with E-state index in [0.717, 1.165) is 5.56 Å². The monoisotopic (exact) mass is 399 g/mol. The quantitative estimate of drug-likeness (QED) is 0.655. The third kappa shape index (κ3) is 4.45. The van der Waals surface area contributed by atoms with Crippen LogP contribution in [0.4, 0.5) is 0 Å². The van der Waals surface area contributed by atoms with Gasteiger partial charge in [0, 0.05) is 6.42 Å². The molecule has 8 heteroatoms. The van der Waals surface area contributed by atoms with Crippen LogP contribution < -0.4 is 5.32 Å². The Morgan fingerprint density at radius 2 is 1.75 bits per heavy atom. The predicted octanol–water partition coefficient (Wildman–Crippen LogP) is 2.77. The Morgan fingerprint density at radius 3 is 2.46 bits per heavy atom. The maximum Gasteiger partial charge on any atom is 0.253 e. The summed E-state index contributed by atoms with van der Waals surface area (Å²) >= 11 is 0. The van der Waals surface area contributed by atoms with Crippen LogP contribution in [-0.2, 0) is 22.8 Å². The van der Waals surface area contributed by atoms with E-state index >= 15 is 0 Å². The highest BCUT2D eigenvalue weighted by molar-refractivity contribution is 7.92. The average molecular weight is 399 g/mol. The van der Waals surface area contributed by atoms with Crippen molar-refractivity contribution in [3.05, 3.63) is 77.4 Å². The van der Waals surface area contributed by atoms with Gasteiger partial charge in [-0.25, -0.2) is 8.42 Å². The van der Waals surface area contributed by atoms with Crippen molar-refractivity contribution in [1.82, 2.24) is 15.5 Å². The molecule has 0 bridgehead atoms. The van der Waals surface area contributed by atoms with Crippen molar-refractivity contribution >= 4 is 15.7 Å². The van der Waals surface area contributed by atoms with E-state index in [1.165, 1.54) is 12.1 Å². The van der Waals surface area contributed by atoms with Gasteiger partial charge in [-0.1, -0.05) is 47.6 Å². The highest BCUT2D eigenvalue weighted by Gasteiger charge is 2.25. The summed E-state index contributed by atoms with van der Waals surface area (Å²) in [7, 11) is -3.58. The Hall–Kier alpha value is -3.00. The lowest BCUT2D eigenvalue weighted by atomic mass is 10.1. The fraction of sp³-hybridized carbons (Fsp3) is 0.250. The first-order valence-electron chi connectivity index (χ1n) is 8.84. The van der Waals surface area contributed by atoms with Crippen molar-refractivity contribution < 1.29 is 17.7 Å². The Labute approximate surface area is 163 Å². The molecule has 1 amide bonds. The first kappa shape index (κ1) is 19.8. The minimum atomic E-state index is -3.58. The first-order valence-corrected chi connectivity index (χ1v) is 10.4. The first-order chi connectivity index (χ1) is 13.4. The second-order valence-corrected chi connectivity index (χ2v) is 9.01. The molecule has 0 spiro atoms. The molecule has 1 N–H and O–H groups in total. The molecule has 28 heavy (non-hydrogen) atoms. The van der Waals surface area contributed by atoms with Gasteiger partial charge in [-0.05, 0) is 31.5 Å². The molecule has 1 heterocycles. The van der Waals surface area contributed by atoms with E-state index in [1.54, 1.807) is 26.0 Å². The summed E-state index contributed by atoms with van der Waals surface area (Å²) in [4.78, 5) is 16.8. The topological polar surface area (TPSA) is 102 Å². The molecule has 0 unspecified atom stereocenters. The number of aromatic nitrogens is 2. The number of carbonyl (C=O) groups is 1. The number of carbonyl (C=O) groups excluding carboxylic acids is 1. The van der Waals surface area contributed by atoms with Gasteiger partial charge in [0.2, 0.25) is 5.89 Å². The maximum absolute atomic E-state index is 12.5. The molecule has 0 atom stereocenters. The third-order valence-electron chi connectivity index (χ3n) is 4.17. The molecule has 0 saturated carbocycles. The minimum absolute atomic E-state index is 0.0106.